The number of unbranched alkanes of at least 4 members (excludes halogenated alkanes) is 1. The van der Waals surface area contributed by atoms with Crippen LogP contribution in [-0.2, 0) is 4.79 Å². The van der Waals surface area contributed by atoms with Crippen molar-refractivity contribution in [1.82, 2.24) is 25.5 Å². The largest absolute Gasteiger partial charge is 0.484 e. The number of carbonyl (C=O) groups excluding carboxylic acids is 1. The number of tetrazole rings is 1. The van der Waals surface area contributed by atoms with Crippen LogP contribution in [0.15, 0.2) is 30.6 Å². The number of amides is 1. The molecule has 0 aliphatic carbocycles. The average Bonchev–Trinajstić information content (AvgIpc) is 3.00. The van der Waals surface area contributed by atoms with Crippen molar-refractivity contribution >= 4 is 5.91 Å². The number of hydrogen-bond acceptors (Lipinski definition) is 5. The molecule has 106 valence electrons. The molecule has 1 amide bonds. The zero-order valence-electron chi connectivity index (χ0n) is 11.3. The summed E-state index contributed by atoms with van der Waals surface area (Å²) in [6.07, 6.45) is 3.52. The Labute approximate surface area is 116 Å². The molecular formula is C13H17N5O2. The Morgan fingerprint density at radius 3 is 3.10 bits per heavy atom. The molecule has 0 saturated heterocycles. The zero-order valence-corrected chi connectivity index (χ0v) is 11.3. The normalized spacial score (nSPS) is 10.2. The van der Waals surface area contributed by atoms with Crippen LogP contribution in [0.4, 0.5) is 0 Å². The Balaban J connectivity index is 1.87. The lowest BCUT2D eigenvalue weighted by molar-refractivity contribution is -0.123. The number of carbonyl (C=O) groups is 1. The van der Waals surface area contributed by atoms with E-state index in [0.29, 0.717) is 12.3 Å². The number of ether oxygens (including phenoxy) is 1. The van der Waals surface area contributed by atoms with E-state index in [2.05, 4.69) is 27.8 Å². The van der Waals surface area contributed by atoms with Crippen molar-refractivity contribution in [3.05, 3.63) is 30.6 Å². The van der Waals surface area contributed by atoms with Gasteiger partial charge in [-0.25, -0.2) is 4.68 Å². The molecule has 0 aliphatic heterocycles. The number of nitrogens with zero attached hydrogens (tertiary/aromatic N) is 4. The van der Waals surface area contributed by atoms with E-state index in [1.807, 2.05) is 12.1 Å². The Bertz CT molecular complexity index is 541. The molecule has 0 spiro atoms. The standard InChI is InChI=1S/C13H17N5O2/c1-2-3-7-14-13(19)9-20-12-6-4-5-11(8-12)18-10-15-16-17-18/h4-6,8,10H,2-3,7,9H2,1H3,(H,14,19). The molecule has 1 N–H and O–H groups in total. The van der Waals surface area contributed by atoms with Crippen LogP contribution in [0.2, 0.25) is 0 Å². The van der Waals surface area contributed by atoms with Gasteiger partial charge < -0.3 is 10.1 Å². The van der Waals surface area contributed by atoms with Gasteiger partial charge >= 0.3 is 0 Å². The monoisotopic (exact) mass is 275 g/mol. The highest BCUT2D eigenvalue weighted by molar-refractivity contribution is 5.77. The predicted octanol–water partition coefficient (Wildman–Crippen LogP) is 0.957. The highest BCUT2D eigenvalue weighted by Gasteiger charge is 2.04. The van der Waals surface area contributed by atoms with Crippen LogP contribution >= 0.6 is 0 Å². The van der Waals surface area contributed by atoms with Crippen LogP contribution in [0.1, 0.15) is 19.8 Å². The second kappa shape index (κ2) is 7.22. The first-order valence-corrected chi connectivity index (χ1v) is 6.52. The molecule has 2 aromatic rings. The third-order valence-corrected chi connectivity index (χ3v) is 2.65. The molecule has 2 rings (SSSR count). The molecular weight excluding hydrogens is 258 g/mol. The SMILES string of the molecule is CCCCNC(=O)COc1cccc(-n2cnnn2)c1. The summed E-state index contributed by atoms with van der Waals surface area (Å²) in [4.78, 5) is 11.5. The Kier molecular flexibility index (Phi) is 5.05. The van der Waals surface area contributed by atoms with Gasteiger partial charge in [-0.3, -0.25) is 4.79 Å². The van der Waals surface area contributed by atoms with Crippen LogP contribution < -0.4 is 10.1 Å². The number of benzene rings is 1. The number of aromatic nitrogens is 4. The van der Waals surface area contributed by atoms with Crippen LogP contribution in [-0.4, -0.2) is 39.3 Å². The van der Waals surface area contributed by atoms with Gasteiger partial charge in [0.05, 0.1) is 5.69 Å². The van der Waals surface area contributed by atoms with E-state index < -0.39 is 0 Å². The number of nitrogens with one attached hydrogen (secondary N) is 1. The highest BCUT2D eigenvalue weighted by atomic mass is 16.5. The summed E-state index contributed by atoms with van der Waals surface area (Å²) >= 11 is 0. The third-order valence-electron chi connectivity index (χ3n) is 2.65. The maximum Gasteiger partial charge on any atom is 0.257 e. The Hall–Kier alpha value is -2.44. The molecule has 0 aliphatic rings. The molecule has 0 unspecified atom stereocenters. The smallest absolute Gasteiger partial charge is 0.257 e. The summed E-state index contributed by atoms with van der Waals surface area (Å²) < 4.78 is 6.97. The van der Waals surface area contributed by atoms with Gasteiger partial charge in [0, 0.05) is 12.6 Å². The van der Waals surface area contributed by atoms with Crippen molar-refractivity contribution in [2.75, 3.05) is 13.2 Å². The van der Waals surface area contributed by atoms with Crippen molar-refractivity contribution in [2.45, 2.75) is 19.8 Å². The lowest BCUT2D eigenvalue weighted by Gasteiger charge is -2.08. The molecule has 0 fully saturated rings. The summed E-state index contributed by atoms with van der Waals surface area (Å²) in [5, 5.41) is 13.7. The Morgan fingerprint density at radius 2 is 2.35 bits per heavy atom. The fraction of sp³-hybridized carbons (Fsp3) is 0.385. The number of hydrogen-bond donors (Lipinski definition) is 1. The second-order valence-corrected chi connectivity index (χ2v) is 4.24. The van der Waals surface area contributed by atoms with Crippen molar-refractivity contribution in [3.63, 3.8) is 0 Å². The number of rotatable bonds is 7. The van der Waals surface area contributed by atoms with Crippen LogP contribution in [0.25, 0.3) is 5.69 Å². The summed E-state index contributed by atoms with van der Waals surface area (Å²) in [5.41, 5.74) is 0.777. The highest BCUT2D eigenvalue weighted by Crippen LogP contribution is 2.15. The van der Waals surface area contributed by atoms with E-state index in [1.54, 1.807) is 12.1 Å². The lowest BCUT2D eigenvalue weighted by atomic mass is 10.3. The van der Waals surface area contributed by atoms with Gasteiger partial charge in [0.2, 0.25) is 0 Å². The molecule has 0 bridgehead atoms. The van der Waals surface area contributed by atoms with Crippen LogP contribution in [0.3, 0.4) is 0 Å². The molecule has 1 aromatic heterocycles. The fourth-order valence-corrected chi connectivity index (χ4v) is 1.60. The molecule has 0 atom stereocenters. The maximum absolute atomic E-state index is 11.5. The summed E-state index contributed by atoms with van der Waals surface area (Å²) in [6.45, 7) is 2.76. The van der Waals surface area contributed by atoms with Gasteiger partial charge in [0.15, 0.2) is 6.61 Å². The summed E-state index contributed by atoms with van der Waals surface area (Å²) in [5.74, 6) is 0.481. The first-order chi connectivity index (χ1) is 9.79. The fourth-order valence-electron chi connectivity index (χ4n) is 1.60. The van der Waals surface area contributed by atoms with Gasteiger partial charge in [-0.2, -0.15) is 0 Å². The first kappa shape index (κ1) is 14.0. The van der Waals surface area contributed by atoms with E-state index in [1.165, 1.54) is 11.0 Å². The van der Waals surface area contributed by atoms with Gasteiger partial charge in [0.1, 0.15) is 12.1 Å². The summed E-state index contributed by atoms with van der Waals surface area (Å²) in [7, 11) is 0. The van der Waals surface area contributed by atoms with Crippen molar-refractivity contribution in [2.24, 2.45) is 0 Å². The average molecular weight is 275 g/mol. The predicted molar refractivity (Wildman–Crippen MR) is 72.6 cm³/mol. The molecule has 1 aromatic carbocycles. The van der Waals surface area contributed by atoms with Crippen molar-refractivity contribution in [1.29, 1.82) is 0 Å². The molecule has 20 heavy (non-hydrogen) atoms. The van der Waals surface area contributed by atoms with E-state index in [0.717, 1.165) is 18.5 Å². The van der Waals surface area contributed by atoms with E-state index >= 15 is 0 Å². The van der Waals surface area contributed by atoms with Gasteiger partial charge in [-0.1, -0.05) is 19.4 Å². The topological polar surface area (TPSA) is 81.9 Å². The third kappa shape index (κ3) is 4.04. The minimum atomic E-state index is -0.119. The van der Waals surface area contributed by atoms with Crippen molar-refractivity contribution < 1.29 is 9.53 Å². The molecule has 7 nitrogen and oxygen atoms in total. The lowest BCUT2D eigenvalue weighted by Crippen LogP contribution is -2.29. The maximum atomic E-state index is 11.5. The molecule has 0 saturated carbocycles. The van der Waals surface area contributed by atoms with Gasteiger partial charge in [0.25, 0.3) is 5.91 Å². The zero-order chi connectivity index (χ0) is 14.2. The molecule has 7 heteroatoms. The van der Waals surface area contributed by atoms with E-state index in [4.69, 9.17) is 4.74 Å². The summed E-state index contributed by atoms with van der Waals surface area (Å²) in [6, 6.07) is 7.23. The minimum Gasteiger partial charge on any atom is -0.484 e. The first-order valence-electron chi connectivity index (χ1n) is 6.52. The van der Waals surface area contributed by atoms with Crippen LogP contribution in [0, 0.1) is 0 Å². The van der Waals surface area contributed by atoms with Gasteiger partial charge in [-0.05, 0) is 29.0 Å². The van der Waals surface area contributed by atoms with Crippen LogP contribution in [0.5, 0.6) is 5.75 Å². The van der Waals surface area contributed by atoms with Gasteiger partial charge in [-0.15, -0.1) is 5.10 Å². The minimum absolute atomic E-state index is 0.00275. The Morgan fingerprint density at radius 1 is 1.45 bits per heavy atom. The molecule has 1 heterocycles. The quantitative estimate of drug-likeness (QED) is 0.761. The van der Waals surface area contributed by atoms with Crippen molar-refractivity contribution in [3.8, 4) is 11.4 Å². The van der Waals surface area contributed by atoms with E-state index in [-0.39, 0.29) is 12.5 Å². The van der Waals surface area contributed by atoms with E-state index in [9.17, 15) is 4.79 Å². The molecule has 0 radical (unpaired) electrons. The second-order valence-electron chi connectivity index (χ2n) is 4.24.